The number of nitrogens with one attached hydrogen (secondary N) is 2. The summed E-state index contributed by atoms with van der Waals surface area (Å²) in [6.07, 6.45) is 4.07. The van der Waals surface area contributed by atoms with Gasteiger partial charge in [0, 0.05) is 0 Å². The fraction of sp³-hybridized carbons (Fsp3) is 0.316. The fourth-order valence-corrected chi connectivity index (χ4v) is 3.68. The van der Waals surface area contributed by atoms with Crippen LogP contribution in [0.3, 0.4) is 0 Å². The third-order valence-electron chi connectivity index (χ3n) is 4.58. The summed E-state index contributed by atoms with van der Waals surface area (Å²) in [7, 11) is 0. The third kappa shape index (κ3) is 3.41. The Morgan fingerprint density at radius 1 is 1.04 bits per heavy atom. The van der Waals surface area contributed by atoms with E-state index in [1.54, 1.807) is 0 Å². The summed E-state index contributed by atoms with van der Waals surface area (Å²) < 4.78 is 27.6. The van der Waals surface area contributed by atoms with Crippen molar-refractivity contribution in [1.82, 2.24) is 5.32 Å². The molecule has 0 aromatic heterocycles. The first-order valence-electron chi connectivity index (χ1n) is 8.10. The zero-order valence-corrected chi connectivity index (χ0v) is 14.4. The third-order valence-corrected chi connectivity index (χ3v) is 4.79. The van der Waals surface area contributed by atoms with Crippen LogP contribution in [0, 0.1) is 18.6 Å². The van der Waals surface area contributed by atoms with Gasteiger partial charge in [-0.3, -0.25) is 0 Å². The summed E-state index contributed by atoms with van der Waals surface area (Å²) >= 11 is 5.34. The maximum absolute atomic E-state index is 13.8. The van der Waals surface area contributed by atoms with Crippen molar-refractivity contribution in [3.63, 3.8) is 0 Å². The van der Waals surface area contributed by atoms with Crippen molar-refractivity contribution >= 4 is 23.0 Å². The first-order valence-corrected chi connectivity index (χ1v) is 8.51. The zero-order chi connectivity index (χ0) is 17.2. The Morgan fingerprint density at radius 3 is 2.29 bits per heavy atom. The fourth-order valence-electron chi connectivity index (χ4n) is 3.39. The van der Waals surface area contributed by atoms with Crippen LogP contribution in [0.1, 0.15) is 36.8 Å². The standard InChI is InChI=1S/C19H20F2N2S/c1-13-6-4-7-14(12-13)19(10-2-3-11-19)23-18(24)22-17-15(20)8-5-9-16(17)21/h4-9,12H,2-3,10-11H2,1H3,(H2,22,23,24). The number of benzene rings is 2. The molecule has 0 bridgehead atoms. The van der Waals surface area contributed by atoms with Crippen molar-refractivity contribution in [3.05, 3.63) is 65.2 Å². The van der Waals surface area contributed by atoms with Gasteiger partial charge < -0.3 is 10.6 Å². The summed E-state index contributed by atoms with van der Waals surface area (Å²) in [5.74, 6) is -1.31. The predicted octanol–water partition coefficient (Wildman–Crippen LogP) is 5.03. The lowest BCUT2D eigenvalue weighted by atomic mass is 9.87. The molecule has 0 spiro atoms. The summed E-state index contributed by atoms with van der Waals surface area (Å²) in [5, 5.41) is 6.25. The molecule has 2 nitrogen and oxygen atoms in total. The van der Waals surface area contributed by atoms with Gasteiger partial charge in [-0.05, 0) is 49.7 Å². The molecule has 2 aromatic carbocycles. The van der Waals surface area contributed by atoms with Crippen molar-refractivity contribution in [2.75, 3.05) is 5.32 Å². The van der Waals surface area contributed by atoms with E-state index >= 15 is 0 Å². The minimum absolute atomic E-state index is 0.215. The summed E-state index contributed by atoms with van der Waals surface area (Å²) in [6, 6.07) is 12.1. The maximum atomic E-state index is 13.8. The van der Waals surface area contributed by atoms with E-state index in [4.69, 9.17) is 12.2 Å². The second kappa shape index (κ2) is 6.85. The zero-order valence-electron chi connectivity index (χ0n) is 13.5. The van der Waals surface area contributed by atoms with Crippen LogP contribution in [0.4, 0.5) is 14.5 Å². The number of anilines is 1. The van der Waals surface area contributed by atoms with E-state index in [1.807, 2.05) is 6.07 Å². The Hall–Kier alpha value is -2.01. The topological polar surface area (TPSA) is 24.1 Å². The van der Waals surface area contributed by atoms with Gasteiger partial charge in [0.15, 0.2) is 5.11 Å². The highest BCUT2D eigenvalue weighted by Crippen LogP contribution is 2.39. The molecule has 0 atom stereocenters. The van der Waals surface area contributed by atoms with Crippen LogP contribution in [0.5, 0.6) is 0 Å². The molecule has 1 fully saturated rings. The van der Waals surface area contributed by atoms with Crippen LogP contribution >= 0.6 is 12.2 Å². The van der Waals surface area contributed by atoms with Crippen molar-refractivity contribution in [1.29, 1.82) is 0 Å². The molecule has 0 unspecified atom stereocenters. The molecule has 0 heterocycles. The molecule has 0 aliphatic heterocycles. The molecule has 0 amide bonds. The number of rotatable bonds is 3. The van der Waals surface area contributed by atoms with E-state index in [9.17, 15) is 8.78 Å². The van der Waals surface area contributed by atoms with E-state index in [1.165, 1.54) is 23.8 Å². The molecule has 1 aliphatic rings. The lowest BCUT2D eigenvalue weighted by molar-refractivity contribution is 0.408. The minimum atomic E-state index is -0.657. The molecular formula is C19H20F2N2S. The van der Waals surface area contributed by atoms with Crippen LogP contribution in [-0.4, -0.2) is 5.11 Å². The van der Waals surface area contributed by atoms with Gasteiger partial charge >= 0.3 is 0 Å². The molecule has 1 aliphatic carbocycles. The number of thiocarbonyl (C=S) groups is 1. The molecule has 2 N–H and O–H groups in total. The van der Waals surface area contributed by atoms with Gasteiger partial charge in [0.25, 0.3) is 0 Å². The number of hydrogen-bond donors (Lipinski definition) is 2. The molecule has 24 heavy (non-hydrogen) atoms. The van der Waals surface area contributed by atoms with E-state index in [-0.39, 0.29) is 16.3 Å². The second-order valence-corrected chi connectivity index (χ2v) is 6.74. The van der Waals surface area contributed by atoms with Gasteiger partial charge in [0.05, 0.1) is 5.54 Å². The normalized spacial score (nSPS) is 16.0. The highest BCUT2D eigenvalue weighted by molar-refractivity contribution is 7.80. The van der Waals surface area contributed by atoms with Crippen LogP contribution in [-0.2, 0) is 5.54 Å². The molecule has 1 saturated carbocycles. The molecule has 0 saturated heterocycles. The molecule has 3 rings (SSSR count). The van der Waals surface area contributed by atoms with Crippen LogP contribution < -0.4 is 10.6 Å². The van der Waals surface area contributed by atoms with Gasteiger partial charge in [-0.2, -0.15) is 0 Å². The van der Waals surface area contributed by atoms with Gasteiger partial charge in [-0.15, -0.1) is 0 Å². The number of aryl methyl sites for hydroxylation is 1. The molecule has 5 heteroatoms. The largest absolute Gasteiger partial charge is 0.353 e. The predicted molar refractivity (Wildman–Crippen MR) is 97.0 cm³/mol. The Kier molecular flexibility index (Phi) is 4.81. The maximum Gasteiger partial charge on any atom is 0.171 e. The molecule has 0 radical (unpaired) electrons. The van der Waals surface area contributed by atoms with Crippen molar-refractivity contribution in [3.8, 4) is 0 Å². The van der Waals surface area contributed by atoms with Gasteiger partial charge in [0.2, 0.25) is 0 Å². The van der Waals surface area contributed by atoms with Gasteiger partial charge in [-0.25, -0.2) is 8.78 Å². The van der Waals surface area contributed by atoms with Crippen molar-refractivity contribution in [2.45, 2.75) is 38.1 Å². The molecule has 126 valence electrons. The van der Waals surface area contributed by atoms with E-state index in [2.05, 4.69) is 35.8 Å². The Bertz CT molecular complexity index is 735. The van der Waals surface area contributed by atoms with E-state index < -0.39 is 11.6 Å². The number of hydrogen-bond acceptors (Lipinski definition) is 1. The lowest BCUT2D eigenvalue weighted by Crippen LogP contribution is -2.46. The average molecular weight is 346 g/mol. The van der Waals surface area contributed by atoms with Crippen LogP contribution in [0.25, 0.3) is 0 Å². The van der Waals surface area contributed by atoms with Crippen molar-refractivity contribution < 1.29 is 8.78 Å². The lowest BCUT2D eigenvalue weighted by Gasteiger charge is -2.33. The Balaban J connectivity index is 1.83. The highest BCUT2D eigenvalue weighted by atomic mass is 32.1. The van der Waals surface area contributed by atoms with Crippen molar-refractivity contribution in [2.24, 2.45) is 0 Å². The molecular weight excluding hydrogens is 326 g/mol. The molecule has 2 aromatic rings. The number of halogens is 2. The van der Waals surface area contributed by atoms with Crippen LogP contribution in [0.15, 0.2) is 42.5 Å². The van der Waals surface area contributed by atoms with Crippen LogP contribution in [0.2, 0.25) is 0 Å². The van der Waals surface area contributed by atoms with E-state index in [0.29, 0.717) is 0 Å². The van der Waals surface area contributed by atoms with Gasteiger partial charge in [0.1, 0.15) is 17.3 Å². The Labute approximate surface area is 146 Å². The number of para-hydroxylation sites is 1. The SMILES string of the molecule is Cc1cccc(C2(NC(=S)Nc3c(F)cccc3F)CCCC2)c1. The van der Waals surface area contributed by atoms with Gasteiger partial charge in [-0.1, -0.05) is 48.7 Å². The second-order valence-electron chi connectivity index (χ2n) is 6.33. The Morgan fingerprint density at radius 2 is 1.67 bits per heavy atom. The van der Waals surface area contributed by atoms with E-state index in [0.717, 1.165) is 31.2 Å². The first kappa shape index (κ1) is 16.8. The summed E-state index contributed by atoms with van der Waals surface area (Å²) in [4.78, 5) is 0. The summed E-state index contributed by atoms with van der Waals surface area (Å²) in [5.41, 5.74) is 1.85. The quantitative estimate of drug-likeness (QED) is 0.762. The minimum Gasteiger partial charge on any atom is -0.353 e. The monoisotopic (exact) mass is 346 g/mol. The smallest absolute Gasteiger partial charge is 0.171 e. The first-order chi connectivity index (χ1) is 11.5. The average Bonchev–Trinajstić information content (AvgIpc) is 3.01. The summed E-state index contributed by atoms with van der Waals surface area (Å²) in [6.45, 7) is 2.05. The highest BCUT2D eigenvalue weighted by Gasteiger charge is 2.36.